The molecule has 0 aliphatic heterocycles. The Morgan fingerprint density at radius 2 is 0.309 bits per heavy atom. The molecule has 0 aliphatic carbocycles. The lowest BCUT2D eigenvalue weighted by Gasteiger charge is -2.25. The molecule has 0 radical (unpaired) electrons. The second-order valence-electron chi connectivity index (χ2n) is 17.5. The Hall–Kier alpha value is -7.37. The summed E-state index contributed by atoms with van der Waals surface area (Å²) in [4.78, 5) is 0. The highest BCUT2D eigenvalue weighted by Crippen LogP contribution is 2.48. The van der Waals surface area contributed by atoms with E-state index in [2.05, 4.69) is 78.9 Å². The second-order valence-corrected chi connectivity index (χ2v) is 25.8. The minimum atomic E-state index is -3.62. The van der Waals surface area contributed by atoms with E-state index in [9.17, 15) is 0 Å². The molecule has 0 unspecified atom stereocenters. The summed E-state index contributed by atoms with van der Waals surface area (Å²) in [6, 6.07) is 86.3. The average molecular weight is 929 g/mol. The van der Waals surface area contributed by atoms with Gasteiger partial charge in [0.1, 0.15) is 0 Å². The number of hydrogen-bond donors (Lipinski definition) is 0. The van der Waals surface area contributed by atoms with E-state index in [0.29, 0.717) is 26.5 Å². The van der Waals surface area contributed by atoms with Crippen LogP contribution in [-0.4, -0.2) is 0 Å². The molecule has 0 bridgehead atoms. The van der Waals surface area contributed by atoms with Gasteiger partial charge in [0.05, 0.1) is 0 Å². The van der Waals surface area contributed by atoms with Crippen LogP contribution in [0.2, 0.25) is 0 Å². The second kappa shape index (κ2) is 16.7. The molecule has 3 nitrogen and oxygen atoms in total. The predicted molar refractivity (Wildman–Crippen MR) is 292 cm³/mol. The lowest BCUT2D eigenvalue weighted by atomic mass is 10.1. The molecular formula is C62H43O3P3. The molecular weight excluding hydrogens is 886 g/mol. The fourth-order valence-corrected chi connectivity index (χ4v) is 17.9. The molecule has 12 rings (SSSR count). The van der Waals surface area contributed by atoms with Crippen LogP contribution in [0.3, 0.4) is 0 Å². The van der Waals surface area contributed by atoms with Crippen LogP contribution in [0.1, 0.15) is 0 Å². The monoisotopic (exact) mass is 928 g/mol. The van der Waals surface area contributed by atoms with Crippen LogP contribution in [0.5, 0.6) is 0 Å². The average Bonchev–Trinajstić information content (AvgIpc) is 3.41. The quantitative estimate of drug-likeness (QED) is 0.136. The van der Waals surface area contributed by atoms with Gasteiger partial charge in [-0.1, -0.05) is 231 Å². The highest BCUT2D eigenvalue weighted by atomic mass is 31.2. The van der Waals surface area contributed by atoms with Crippen LogP contribution < -0.4 is 47.7 Å². The Bertz CT molecular complexity index is 3690. The van der Waals surface area contributed by atoms with E-state index in [1.54, 1.807) is 0 Å². The van der Waals surface area contributed by atoms with Gasteiger partial charge in [-0.25, -0.2) is 0 Å². The first-order valence-corrected chi connectivity index (χ1v) is 27.9. The number of hydrogen-bond acceptors (Lipinski definition) is 3. The Morgan fingerprint density at radius 1 is 0.162 bits per heavy atom. The number of benzene rings is 12. The summed E-state index contributed by atoms with van der Waals surface area (Å²) in [5.74, 6) is 0. The minimum Gasteiger partial charge on any atom is -0.309 e. The van der Waals surface area contributed by atoms with Crippen LogP contribution >= 0.6 is 21.4 Å². The van der Waals surface area contributed by atoms with Gasteiger partial charge in [-0.15, -0.1) is 0 Å². The van der Waals surface area contributed by atoms with Gasteiger partial charge in [-0.2, -0.15) is 0 Å². The molecule has 0 fully saturated rings. The standard InChI is InChI=1S/C62H43O3P3/c63-66(58-26-21-44-11-1-6-16-49(44)39-58,54-31-35-56(36-32-54)67(64,59-27-22-45-12-2-7-17-50(45)40-59)60-28-23-46-13-3-8-18-51(46)41-60)55-33-37-57(38-34-55)68(65,61-29-24-47-14-4-9-19-52(47)42-61)62-30-25-48-15-5-10-20-53(48)43-62/h1-43H. The fraction of sp³-hybridized carbons (Fsp3) is 0. The predicted octanol–water partition coefficient (Wildman–Crippen LogP) is 12.4. The van der Waals surface area contributed by atoms with Gasteiger partial charge in [-0.3, -0.25) is 0 Å². The normalized spacial score (nSPS) is 12.3. The van der Waals surface area contributed by atoms with Crippen molar-refractivity contribution in [1.82, 2.24) is 0 Å². The van der Waals surface area contributed by atoms with Gasteiger partial charge in [-0.05, 0) is 84.2 Å². The summed E-state index contributed by atoms with van der Waals surface area (Å²) in [5, 5.41) is 16.5. The summed E-state index contributed by atoms with van der Waals surface area (Å²) in [6.07, 6.45) is 0. The van der Waals surface area contributed by atoms with Crippen LogP contribution in [0.25, 0.3) is 53.9 Å². The molecule has 12 aromatic carbocycles. The molecule has 0 heterocycles. The van der Waals surface area contributed by atoms with Gasteiger partial charge in [0.2, 0.25) is 0 Å². The van der Waals surface area contributed by atoms with Crippen molar-refractivity contribution >= 4 is 123 Å². The lowest BCUT2D eigenvalue weighted by Crippen LogP contribution is -2.30. The highest BCUT2D eigenvalue weighted by Gasteiger charge is 2.36. The smallest absolute Gasteiger partial charge is 0.171 e. The van der Waals surface area contributed by atoms with Crippen molar-refractivity contribution in [2.45, 2.75) is 0 Å². The maximum Gasteiger partial charge on any atom is 0.171 e. The fourth-order valence-electron chi connectivity index (χ4n) is 9.95. The van der Waals surface area contributed by atoms with Crippen molar-refractivity contribution in [2.75, 3.05) is 0 Å². The molecule has 0 spiro atoms. The summed E-state index contributed by atoms with van der Waals surface area (Å²) in [6.45, 7) is 0. The number of rotatable bonds is 9. The zero-order valence-electron chi connectivity index (χ0n) is 36.9. The van der Waals surface area contributed by atoms with Crippen molar-refractivity contribution in [1.29, 1.82) is 0 Å². The highest BCUT2D eigenvalue weighted by molar-refractivity contribution is 7.86. The van der Waals surface area contributed by atoms with E-state index in [4.69, 9.17) is 0 Å². The lowest BCUT2D eigenvalue weighted by molar-refractivity contribution is 0.591. The molecule has 0 aromatic heterocycles. The maximum atomic E-state index is 16.5. The molecule has 12 aromatic rings. The molecule has 0 saturated heterocycles. The van der Waals surface area contributed by atoms with E-state index < -0.39 is 21.4 Å². The summed E-state index contributed by atoms with van der Waals surface area (Å²) >= 11 is 0. The summed E-state index contributed by atoms with van der Waals surface area (Å²) in [5.41, 5.74) is 0. The summed E-state index contributed by atoms with van der Waals surface area (Å²) in [7, 11) is -10.6. The maximum absolute atomic E-state index is 16.5. The van der Waals surface area contributed by atoms with Crippen molar-refractivity contribution in [3.8, 4) is 0 Å². The zero-order valence-corrected chi connectivity index (χ0v) is 39.6. The molecule has 0 saturated carbocycles. The van der Waals surface area contributed by atoms with Crippen LogP contribution in [0.15, 0.2) is 261 Å². The van der Waals surface area contributed by atoms with Gasteiger partial charge in [0.15, 0.2) is 21.4 Å². The number of fused-ring (bicyclic) bond motifs is 5. The molecule has 6 heteroatoms. The molecule has 0 atom stereocenters. The zero-order chi connectivity index (χ0) is 45.9. The third-order valence-corrected chi connectivity index (χ3v) is 22.8. The Morgan fingerprint density at radius 3 is 0.500 bits per heavy atom. The molecule has 0 amide bonds. The van der Waals surface area contributed by atoms with Gasteiger partial charge in [0.25, 0.3) is 0 Å². The van der Waals surface area contributed by atoms with E-state index in [1.807, 2.05) is 182 Å². The van der Waals surface area contributed by atoms with Gasteiger partial charge >= 0.3 is 0 Å². The summed E-state index contributed by atoms with van der Waals surface area (Å²) < 4.78 is 48.8. The van der Waals surface area contributed by atoms with E-state index in [0.717, 1.165) is 75.1 Å². The topological polar surface area (TPSA) is 51.2 Å². The first-order valence-electron chi connectivity index (χ1n) is 22.8. The van der Waals surface area contributed by atoms with Crippen molar-refractivity contribution in [3.63, 3.8) is 0 Å². The first-order chi connectivity index (χ1) is 33.3. The largest absolute Gasteiger partial charge is 0.309 e. The van der Waals surface area contributed by atoms with Crippen LogP contribution in [-0.2, 0) is 13.7 Å². The third-order valence-electron chi connectivity index (χ3n) is 13.6. The molecule has 68 heavy (non-hydrogen) atoms. The van der Waals surface area contributed by atoms with E-state index in [-0.39, 0.29) is 0 Å². The van der Waals surface area contributed by atoms with Crippen molar-refractivity contribution in [3.05, 3.63) is 261 Å². The first kappa shape index (κ1) is 42.0. The molecule has 0 aliphatic rings. The van der Waals surface area contributed by atoms with Gasteiger partial charge < -0.3 is 13.7 Å². The minimum absolute atomic E-state index is 0.611. The Kier molecular flexibility index (Phi) is 10.3. The third kappa shape index (κ3) is 7.01. The van der Waals surface area contributed by atoms with E-state index in [1.165, 1.54) is 0 Å². The van der Waals surface area contributed by atoms with Crippen LogP contribution in [0, 0.1) is 0 Å². The van der Waals surface area contributed by atoms with E-state index >= 15 is 13.7 Å². The van der Waals surface area contributed by atoms with Crippen LogP contribution in [0.4, 0.5) is 0 Å². The Balaban J connectivity index is 1.02. The van der Waals surface area contributed by atoms with Crippen molar-refractivity contribution in [2.24, 2.45) is 0 Å². The SMILES string of the molecule is O=P(c1ccc(P(=O)(c2ccc3ccccc3c2)c2ccc3ccccc3c2)cc1)(c1ccc(P(=O)(c2ccc3ccccc3c2)c2ccc3ccccc3c2)cc1)c1ccc2ccccc2c1. The van der Waals surface area contributed by atoms with Crippen molar-refractivity contribution < 1.29 is 13.7 Å². The Labute approximate surface area is 395 Å². The molecule has 0 N–H and O–H groups in total. The molecule has 324 valence electrons. The van der Waals surface area contributed by atoms with Gasteiger partial charge in [0, 0.05) is 47.7 Å².